The topological polar surface area (TPSA) is 59.8 Å². The fourth-order valence-electron chi connectivity index (χ4n) is 3.04. The van der Waals surface area contributed by atoms with E-state index in [1.807, 2.05) is 73.7 Å². The lowest BCUT2D eigenvalue weighted by Crippen LogP contribution is -2.14. The third-order valence-electron chi connectivity index (χ3n) is 4.75. The number of carbonyl (C=O) groups is 1. The van der Waals surface area contributed by atoms with Crippen molar-refractivity contribution >= 4 is 27.5 Å². The molecule has 0 spiro atoms. The smallest absolute Gasteiger partial charge is 0.295 e. The number of benzene rings is 3. The van der Waals surface area contributed by atoms with Gasteiger partial charge in [0.05, 0.1) is 5.69 Å². The van der Waals surface area contributed by atoms with Crippen molar-refractivity contribution < 1.29 is 4.79 Å². The molecule has 4 rings (SSSR count). The summed E-state index contributed by atoms with van der Waals surface area (Å²) in [7, 11) is 0. The zero-order valence-electron chi connectivity index (χ0n) is 16.1. The number of aryl methyl sites for hydroxylation is 1. The normalized spacial score (nSPS) is 10.7. The lowest BCUT2D eigenvalue weighted by molar-refractivity contribution is 0.101. The Morgan fingerprint density at radius 1 is 0.931 bits per heavy atom. The third-order valence-corrected chi connectivity index (χ3v) is 5.28. The molecule has 0 bridgehead atoms. The quantitative estimate of drug-likeness (QED) is 0.445. The van der Waals surface area contributed by atoms with Crippen LogP contribution in [-0.4, -0.2) is 20.7 Å². The Labute approximate surface area is 177 Å². The van der Waals surface area contributed by atoms with Crippen molar-refractivity contribution in [3.63, 3.8) is 0 Å². The third kappa shape index (κ3) is 3.98. The summed E-state index contributed by atoms with van der Waals surface area (Å²) in [6, 6.07) is 23.2. The van der Waals surface area contributed by atoms with Gasteiger partial charge in [0, 0.05) is 15.7 Å². The minimum atomic E-state index is -0.353. The first kappa shape index (κ1) is 19.1. The van der Waals surface area contributed by atoms with Crippen molar-refractivity contribution in [1.82, 2.24) is 14.8 Å². The monoisotopic (exact) mass is 446 g/mol. The van der Waals surface area contributed by atoms with Crippen molar-refractivity contribution in [3.05, 3.63) is 94.2 Å². The van der Waals surface area contributed by atoms with Gasteiger partial charge >= 0.3 is 0 Å². The number of nitrogens with zero attached hydrogens (tertiary/aromatic N) is 3. The standard InChI is InChI=1S/C23H19BrN4O/c1-15-7-6-10-20(16(15)2)28-22(17-8-4-3-5-9-17)26-21(27-28)23(29)25-19-13-11-18(24)12-14-19/h3-14H,1-2H3,(H,25,29). The van der Waals surface area contributed by atoms with Crippen LogP contribution in [0.2, 0.25) is 0 Å². The molecule has 0 fully saturated rings. The van der Waals surface area contributed by atoms with Gasteiger partial charge in [-0.3, -0.25) is 4.79 Å². The highest BCUT2D eigenvalue weighted by Crippen LogP contribution is 2.25. The van der Waals surface area contributed by atoms with E-state index >= 15 is 0 Å². The Kier molecular flexibility index (Phi) is 5.27. The fraction of sp³-hybridized carbons (Fsp3) is 0.0870. The van der Waals surface area contributed by atoms with Crippen LogP contribution in [0.4, 0.5) is 5.69 Å². The summed E-state index contributed by atoms with van der Waals surface area (Å²) >= 11 is 3.39. The molecular formula is C23H19BrN4O. The van der Waals surface area contributed by atoms with Crippen LogP contribution in [0, 0.1) is 13.8 Å². The first-order valence-electron chi connectivity index (χ1n) is 9.19. The second-order valence-electron chi connectivity index (χ2n) is 6.72. The van der Waals surface area contributed by atoms with E-state index in [1.54, 1.807) is 4.68 Å². The summed E-state index contributed by atoms with van der Waals surface area (Å²) in [5.74, 6) is 0.390. The van der Waals surface area contributed by atoms with Crippen molar-refractivity contribution in [1.29, 1.82) is 0 Å². The number of halogens is 1. The molecule has 0 saturated heterocycles. The molecule has 0 aliphatic rings. The van der Waals surface area contributed by atoms with Crippen LogP contribution in [-0.2, 0) is 0 Å². The van der Waals surface area contributed by atoms with Gasteiger partial charge in [-0.1, -0.05) is 58.4 Å². The SMILES string of the molecule is Cc1cccc(-n2nc(C(=O)Nc3ccc(Br)cc3)nc2-c2ccccc2)c1C. The fourth-order valence-corrected chi connectivity index (χ4v) is 3.30. The second-order valence-corrected chi connectivity index (χ2v) is 7.63. The average molecular weight is 447 g/mol. The van der Waals surface area contributed by atoms with Gasteiger partial charge in [0.25, 0.3) is 5.91 Å². The molecule has 0 atom stereocenters. The number of amides is 1. The molecule has 5 nitrogen and oxygen atoms in total. The summed E-state index contributed by atoms with van der Waals surface area (Å²) < 4.78 is 2.69. The van der Waals surface area contributed by atoms with Gasteiger partial charge in [0.2, 0.25) is 5.82 Å². The van der Waals surface area contributed by atoms with E-state index in [0.29, 0.717) is 11.5 Å². The highest BCUT2D eigenvalue weighted by molar-refractivity contribution is 9.10. The highest BCUT2D eigenvalue weighted by Gasteiger charge is 2.20. The van der Waals surface area contributed by atoms with E-state index < -0.39 is 0 Å². The number of aromatic nitrogens is 3. The van der Waals surface area contributed by atoms with E-state index in [-0.39, 0.29) is 11.7 Å². The number of carbonyl (C=O) groups excluding carboxylic acids is 1. The van der Waals surface area contributed by atoms with Crippen LogP contribution < -0.4 is 5.32 Å². The number of rotatable bonds is 4. The maximum Gasteiger partial charge on any atom is 0.295 e. The van der Waals surface area contributed by atoms with E-state index in [4.69, 9.17) is 0 Å². The number of nitrogens with one attached hydrogen (secondary N) is 1. The predicted molar refractivity (Wildman–Crippen MR) is 118 cm³/mol. The van der Waals surface area contributed by atoms with Crippen molar-refractivity contribution in [2.24, 2.45) is 0 Å². The molecule has 1 heterocycles. The molecule has 0 radical (unpaired) electrons. The lowest BCUT2D eigenvalue weighted by Gasteiger charge is -2.10. The van der Waals surface area contributed by atoms with Crippen LogP contribution >= 0.6 is 15.9 Å². The van der Waals surface area contributed by atoms with Crippen LogP contribution in [0.15, 0.2) is 77.3 Å². The first-order chi connectivity index (χ1) is 14.0. The Morgan fingerprint density at radius 3 is 2.38 bits per heavy atom. The summed E-state index contributed by atoms with van der Waals surface area (Å²) in [6.07, 6.45) is 0. The maximum atomic E-state index is 12.8. The highest BCUT2D eigenvalue weighted by atomic mass is 79.9. The van der Waals surface area contributed by atoms with Crippen LogP contribution in [0.3, 0.4) is 0 Å². The van der Waals surface area contributed by atoms with Gasteiger partial charge < -0.3 is 5.32 Å². The molecule has 144 valence electrons. The molecule has 4 aromatic rings. The maximum absolute atomic E-state index is 12.8. The molecule has 6 heteroatoms. The second kappa shape index (κ2) is 8.01. The van der Waals surface area contributed by atoms with Gasteiger partial charge in [0.15, 0.2) is 5.82 Å². The molecule has 0 saturated carbocycles. The molecule has 1 amide bonds. The number of anilines is 1. The van der Waals surface area contributed by atoms with E-state index in [0.717, 1.165) is 26.9 Å². The number of hydrogen-bond acceptors (Lipinski definition) is 3. The van der Waals surface area contributed by atoms with E-state index in [2.05, 4.69) is 44.3 Å². The van der Waals surface area contributed by atoms with Gasteiger partial charge in [-0.25, -0.2) is 9.67 Å². The molecular weight excluding hydrogens is 428 g/mol. The zero-order chi connectivity index (χ0) is 20.4. The molecule has 3 aromatic carbocycles. The van der Waals surface area contributed by atoms with Crippen molar-refractivity contribution in [2.45, 2.75) is 13.8 Å². The first-order valence-corrected chi connectivity index (χ1v) is 9.98. The molecule has 1 aromatic heterocycles. The summed E-state index contributed by atoms with van der Waals surface area (Å²) in [6.45, 7) is 4.10. The van der Waals surface area contributed by atoms with E-state index in [1.165, 1.54) is 0 Å². The van der Waals surface area contributed by atoms with Gasteiger partial charge in [0.1, 0.15) is 0 Å². The van der Waals surface area contributed by atoms with Gasteiger partial charge in [-0.05, 0) is 55.3 Å². The Morgan fingerprint density at radius 2 is 1.66 bits per heavy atom. The summed E-state index contributed by atoms with van der Waals surface area (Å²) in [5.41, 5.74) is 4.72. The minimum absolute atomic E-state index is 0.118. The van der Waals surface area contributed by atoms with Crippen LogP contribution in [0.25, 0.3) is 17.1 Å². The average Bonchev–Trinajstić information content (AvgIpc) is 3.18. The molecule has 0 aliphatic heterocycles. The minimum Gasteiger partial charge on any atom is -0.319 e. The lowest BCUT2D eigenvalue weighted by atomic mass is 10.1. The van der Waals surface area contributed by atoms with Gasteiger partial charge in [-0.15, -0.1) is 5.10 Å². The molecule has 29 heavy (non-hydrogen) atoms. The largest absolute Gasteiger partial charge is 0.319 e. The Balaban J connectivity index is 1.78. The van der Waals surface area contributed by atoms with Crippen molar-refractivity contribution in [3.8, 4) is 17.1 Å². The predicted octanol–water partition coefficient (Wildman–Crippen LogP) is 5.57. The van der Waals surface area contributed by atoms with Crippen LogP contribution in [0.1, 0.15) is 21.7 Å². The number of hydrogen-bond donors (Lipinski definition) is 1. The molecule has 0 aliphatic carbocycles. The zero-order valence-corrected chi connectivity index (χ0v) is 17.6. The van der Waals surface area contributed by atoms with Gasteiger partial charge in [-0.2, -0.15) is 0 Å². The molecule has 1 N–H and O–H groups in total. The Hall–Kier alpha value is -3.25. The summed E-state index contributed by atoms with van der Waals surface area (Å²) in [5, 5.41) is 7.41. The summed E-state index contributed by atoms with van der Waals surface area (Å²) in [4.78, 5) is 17.4. The van der Waals surface area contributed by atoms with Crippen molar-refractivity contribution in [2.75, 3.05) is 5.32 Å². The molecule has 0 unspecified atom stereocenters. The Bertz CT molecular complexity index is 1170. The van der Waals surface area contributed by atoms with E-state index in [9.17, 15) is 4.79 Å². The van der Waals surface area contributed by atoms with Crippen LogP contribution in [0.5, 0.6) is 0 Å².